The van der Waals surface area contributed by atoms with Crippen LogP contribution in [0.5, 0.6) is 0 Å². The SMILES string of the molecule is CCCc1c(CN)cnn1C1(C)CCS(=O)(=O)C1. The van der Waals surface area contributed by atoms with Crippen LogP contribution >= 0.6 is 0 Å². The van der Waals surface area contributed by atoms with Crippen LogP contribution in [0.25, 0.3) is 0 Å². The van der Waals surface area contributed by atoms with Crippen LogP contribution in [0.15, 0.2) is 6.20 Å². The van der Waals surface area contributed by atoms with Gasteiger partial charge in [-0.3, -0.25) is 4.68 Å². The van der Waals surface area contributed by atoms with Crippen molar-refractivity contribution in [3.63, 3.8) is 0 Å². The van der Waals surface area contributed by atoms with E-state index < -0.39 is 15.4 Å². The number of nitrogens with zero attached hydrogens (tertiary/aromatic N) is 2. The summed E-state index contributed by atoms with van der Waals surface area (Å²) in [5, 5.41) is 4.40. The molecule has 0 spiro atoms. The van der Waals surface area contributed by atoms with E-state index in [-0.39, 0.29) is 11.5 Å². The lowest BCUT2D eigenvalue weighted by Gasteiger charge is -2.26. The molecule has 0 saturated carbocycles. The third kappa shape index (κ3) is 2.31. The van der Waals surface area contributed by atoms with Crippen LogP contribution in [0.1, 0.15) is 37.9 Å². The van der Waals surface area contributed by atoms with Gasteiger partial charge in [-0.25, -0.2) is 8.42 Å². The second kappa shape index (κ2) is 4.66. The monoisotopic (exact) mass is 271 g/mol. The minimum Gasteiger partial charge on any atom is -0.326 e. The molecule has 1 aliphatic heterocycles. The molecule has 0 radical (unpaired) electrons. The summed E-state index contributed by atoms with van der Waals surface area (Å²) < 4.78 is 25.3. The molecule has 18 heavy (non-hydrogen) atoms. The summed E-state index contributed by atoms with van der Waals surface area (Å²) in [5.74, 6) is 0.440. The van der Waals surface area contributed by atoms with Crippen molar-refractivity contribution in [3.8, 4) is 0 Å². The topological polar surface area (TPSA) is 78.0 Å². The Bertz CT molecular complexity index is 536. The minimum atomic E-state index is -2.92. The molecule has 1 saturated heterocycles. The summed E-state index contributed by atoms with van der Waals surface area (Å²) in [4.78, 5) is 0. The molecule has 5 nitrogen and oxygen atoms in total. The van der Waals surface area contributed by atoms with Gasteiger partial charge in [0.25, 0.3) is 0 Å². The standard InChI is InChI=1S/C12H21N3O2S/c1-3-4-11-10(7-13)8-14-15(11)12(2)5-6-18(16,17)9-12/h8H,3-7,9,13H2,1-2H3. The van der Waals surface area contributed by atoms with Crippen molar-refractivity contribution in [1.29, 1.82) is 0 Å². The fraction of sp³-hybridized carbons (Fsp3) is 0.750. The van der Waals surface area contributed by atoms with Crippen LogP contribution in [0.3, 0.4) is 0 Å². The summed E-state index contributed by atoms with van der Waals surface area (Å²) in [5.41, 5.74) is 7.44. The van der Waals surface area contributed by atoms with Gasteiger partial charge < -0.3 is 5.73 Å². The van der Waals surface area contributed by atoms with Gasteiger partial charge in [0.2, 0.25) is 0 Å². The van der Waals surface area contributed by atoms with Crippen molar-refractivity contribution >= 4 is 9.84 Å². The van der Waals surface area contributed by atoms with Crippen molar-refractivity contribution < 1.29 is 8.42 Å². The molecule has 1 unspecified atom stereocenters. The average Bonchev–Trinajstić information content (AvgIpc) is 2.81. The Balaban J connectivity index is 2.42. The molecule has 102 valence electrons. The van der Waals surface area contributed by atoms with Gasteiger partial charge >= 0.3 is 0 Å². The number of hydrogen-bond donors (Lipinski definition) is 1. The smallest absolute Gasteiger partial charge is 0.152 e. The highest BCUT2D eigenvalue weighted by Gasteiger charge is 2.41. The van der Waals surface area contributed by atoms with Crippen molar-refractivity contribution in [2.75, 3.05) is 11.5 Å². The first-order chi connectivity index (χ1) is 8.42. The Morgan fingerprint density at radius 1 is 1.56 bits per heavy atom. The van der Waals surface area contributed by atoms with Gasteiger partial charge in [-0.15, -0.1) is 0 Å². The quantitative estimate of drug-likeness (QED) is 0.879. The normalized spacial score (nSPS) is 26.6. The molecule has 0 amide bonds. The maximum absolute atomic E-state index is 11.7. The zero-order chi connectivity index (χ0) is 13.4. The molecular formula is C12H21N3O2S. The van der Waals surface area contributed by atoms with Crippen molar-refractivity contribution in [1.82, 2.24) is 9.78 Å². The van der Waals surface area contributed by atoms with Gasteiger partial charge in [0.15, 0.2) is 9.84 Å². The van der Waals surface area contributed by atoms with E-state index in [1.807, 2.05) is 11.6 Å². The van der Waals surface area contributed by atoms with Gasteiger partial charge in [0.05, 0.1) is 23.2 Å². The fourth-order valence-electron chi connectivity index (χ4n) is 2.71. The van der Waals surface area contributed by atoms with E-state index >= 15 is 0 Å². The molecule has 1 aromatic rings. The molecule has 2 rings (SSSR count). The summed E-state index contributed by atoms with van der Waals surface area (Å²) >= 11 is 0. The van der Waals surface area contributed by atoms with Crippen LogP contribution in [-0.2, 0) is 28.3 Å². The summed E-state index contributed by atoms with van der Waals surface area (Å²) in [6.45, 7) is 4.54. The van der Waals surface area contributed by atoms with E-state index in [2.05, 4.69) is 12.0 Å². The van der Waals surface area contributed by atoms with Crippen molar-refractivity contribution in [2.45, 2.75) is 45.2 Å². The number of sulfone groups is 1. The van der Waals surface area contributed by atoms with E-state index in [1.165, 1.54) is 0 Å². The molecule has 1 aliphatic rings. The van der Waals surface area contributed by atoms with E-state index in [9.17, 15) is 8.42 Å². The molecule has 0 aliphatic carbocycles. The summed E-state index contributed by atoms with van der Waals surface area (Å²) in [6, 6.07) is 0. The third-order valence-electron chi connectivity index (χ3n) is 3.66. The Labute approximate surface area is 108 Å². The maximum Gasteiger partial charge on any atom is 0.152 e. The second-order valence-electron chi connectivity index (χ2n) is 5.32. The molecule has 1 atom stereocenters. The largest absolute Gasteiger partial charge is 0.326 e. The average molecular weight is 271 g/mol. The molecule has 2 heterocycles. The van der Waals surface area contributed by atoms with Crippen LogP contribution in [0, 0.1) is 0 Å². The number of aromatic nitrogens is 2. The number of nitrogens with two attached hydrogens (primary N) is 1. The number of hydrogen-bond acceptors (Lipinski definition) is 4. The molecular weight excluding hydrogens is 250 g/mol. The van der Waals surface area contributed by atoms with Crippen LogP contribution in [0.4, 0.5) is 0 Å². The minimum absolute atomic E-state index is 0.183. The first kappa shape index (κ1) is 13.5. The van der Waals surface area contributed by atoms with Gasteiger partial charge in [-0.1, -0.05) is 13.3 Å². The highest BCUT2D eigenvalue weighted by Crippen LogP contribution is 2.32. The van der Waals surface area contributed by atoms with Gasteiger partial charge in [-0.2, -0.15) is 5.10 Å². The van der Waals surface area contributed by atoms with Crippen molar-refractivity contribution in [3.05, 3.63) is 17.5 Å². The molecule has 1 fully saturated rings. The van der Waals surface area contributed by atoms with E-state index in [0.717, 1.165) is 24.1 Å². The van der Waals surface area contributed by atoms with Crippen LogP contribution in [0.2, 0.25) is 0 Å². The van der Waals surface area contributed by atoms with E-state index in [0.29, 0.717) is 13.0 Å². The number of rotatable bonds is 4. The Kier molecular flexibility index (Phi) is 3.51. The first-order valence-corrected chi connectivity index (χ1v) is 8.21. The fourth-order valence-corrected chi connectivity index (χ4v) is 4.82. The Morgan fingerprint density at radius 2 is 2.28 bits per heavy atom. The van der Waals surface area contributed by atoms with Gasteiger partial charge in [-0.05, 0) is 19.8 Å². The Morgan fingerprint density at radius 3 is 2.78 bits per heavy atom. The van der Waals surface area contributed by atoms with E-state index in [4.69, 9.17) is 5.73 Å². The molecule has 0 aromatic carbocycles. The molecule has 1 aromatic heterocycles. The van der Waals surface area contributed by atoms with Gasteiger partial charge in [0.1, 0.15) is 0 Å². The predicted octanol–water partition coefficient (Wildman–Crippen LogP) is 0.828. The van der Waals surface area contributed by atoms with Crippen molar-refractivity contribution in [2.24, 2.45) is 5.73 Å². The molecule has 6 heteroatoms. The predicted molar refractivity (Wildman–Crippen MR) is 71.0 cm³/mol. The maximum atomic E-state index is 11.7. The zero-order valence-electron chi connectivity index (χ0n) is 11.0. The molecule has 2 N–H and O–H groups in total. The first-order valence-electron chi connectivity index (χ1n) is 6.38. The highest BCUT2D eigenvalue weighted by atomic mass is 32.2. The lowest BCUT2D eigenvalue weighted by Crippen LogP contribution is -2.34. The van der Waals surface area contributed by atoms with Gasteiger partial charge in [0, 0.05) is 17.8 Å². The zero-order valence-corrected chi connectivity index (χ0v) is 11.8. The third-order valence-corrected chi connectivity index (χ3v) is 5.54. The van der Waals surface area contributed by atoms with E-state index in [1.54, 1.807) is 6.20 Å². The summed E-state index contributed by atoms with van der Waals surface area (Å²) in [6.07, 6.45) is 4.31. The Hall–Kier alpha value is -0.880. The highest BCUT2D eigenvalue weighted by molar-refractivity contribution is 7.91. The lowest BCUT2D eigenvalue weighted by atomic mass is 10.0. The van der Waals surface area contributed by atoms with Crippen LogP contribution in [-0.4, -0.2) is 29.7 Å². The molecule has 0 bridgehead atoms. The lowest BCUT2D eigenvalue weighted by molar-refractivity contribution is 0.317. The second-order valence-corrected chi connectivity index (χ2v) is 7.51. The summed E-state index contributed by atoms with van der Waals surface area (Å²) in [7, 11) is -2.92. The van der Waals surface area contributed by atoms with Crippen LogP contribution < -0.4 is 5.73 Å².